The molecule has 0 radical (unpaired) electrons. The lowest BCUT2D eigenvalue weighted by Crippen LogP contribution is -2.53. The molecule has 23 heavy (non-hydrogen) atoms. The Bertz CT molecular complexity index is 471. The number of rotatable bonds is 2. The molecule has 4 rings (SSSR count). The van der Waals surface area contributed by atoms with E-state index in [1.165, 1.54) is 70.5 Å². The zero-order chi connectivity index (χ0) is 16.2. The average Bonchev–Trinajstić information content (AvgIpc) is 2.90. The first-order valence-corrected chi connectivity index (χ1v) is 10.5. The van der Waals surface area contributed by atoms with Crippen molar-refractivity contribution in [3.63, 3.8) is 0 Å². The molecule has 0 saturated heterocycles. The van der Waals surface area contributed by atoms with Crippen LogP contribution in [-0.4, -0.2) is 6.29 Å². The van der Waals surface area contributed by atoms with Gasteiger partial charge >= 0.3 is 0 Å². The predicted octanol–water partition coefficient (Wildman–Crippen LogP) is 5.87. The summed E-state index contributed by atoms with van der Waals surface area (Å²) in [5.74, 6) is 5.12. The van der Waals surface area contributed by atoms with Gasteiger partial charge in [-0.15, -0.1) is 0 Å². The first-order chi connectivity index (χ1) is 11.0. The van der Waals surface area contributed by atoms with E-state index >= 15 is 0 Å². The van der Waals surface area contributed by atoms with Gasteiger partial charge in [0, 0.05) is 5.92 Å². The Labute approximate surface area is 143 Å². The summed E-state index contributed by atoms with van der Waals surface area (Å²) in [5.41, 5.74) is 1.11. The number of hydrogen-bond acceptors (Lipinski definition) is 1. The van der Waals surface area contributed by atoms with Gasteiger partial charge in [-0.3, -0.25) is 0 Å². The Morgan fingerprint density at radius 2 is 1.65 bits per heavy atom. The summed E-state index contributed by atoms with van der Waals surface area (Å²) in [6, 6.07) is 0. The monoisotopic (exact) mass is 316 g/mol. The summed E-state index contributed by atoms with van der Waals surface area (Å²) >= 11 is 0. The van der Waals surface area contributed by atoms with Crippen molar-refractivity contribution in [2.75, 3.05) is 0 Å². The van der Waals surface area contributed by atoms with Crippen molar-refractivity contribution in [3.05, 3.63) is 0 Å². The largest absolute Gasteiger partial charge is 0.303 e. The SMILES string of the molecule is CC[C@H]1CC[C@H]2[C@@H]3CCC4CCC(C=O)C[C@]4(C)[C@H]3CC[C@]12C. The highest BCUT2D eigenvalue weighted by Gasteiger charge is 2.59. The first kappa shape index (κ1) is 16.2. The molecule has 8 atom stereocenters. The van der Waals surface area contributed by atoms with Crippen LogP contribution >= 0.6 is 0 Å². The zero-order valence-corrected chi connectivity index (χ0v) is 15.5. The van der Waals surface area contributed by atoms with E-state index in [1.54, 1.807) is 0 Å². The summed E-state index contributed by atoms with van der Waals surface area (Å²) in [7, 11) is 0. The summed E-state index contributed by atoms with van der Waals surface area (Å²) in [4.78, 5) is 11.5. The number of hydrogen-bond donors (Lipinski definition) is 0. The van der Waals surface area contributed by atoms with E-state index < -0.39 is 0 Å². The van der Waals surface area contributed by atoms with Gasteiger partial charge in [-0.1, -0.05) is 27.2 Å². The van der Waals surface area contributed by atoms with E-state index in [2.05, 4.69) is 20.8 Å². The van der Waals surface area contributed by atoms with Gasteiger partial charge in [-0.2, -0.15) is 0 Å². The number of fused-ring (bicyclic) bond motifs is 5. The van der Waals surface area contributed by atoms with Crippen LogP contribution < -0.4 is 0 Å². The van der Waals surface area contributed by atoms with Gasteiger partial charge in [0.1, 0.15) is 6.29 Å². The molecule has 1 heteroatoms. The summed E-state index contributed by atoms with van der Waals surface area (Å²) < 4.78 is 0. The Morgan fingerprint density at radius 1 is 0.913 bits per heavy atom. The van der Waals surface area contributed by atoms with Crippen molar-refractivity contribution >= 4 is 6.29 Å². The third kappa shape index (κ3) is 2.20. The molecule has 0 spiro atoms. The fourth-order valence-electron chi connectivity index (χ4n) is 8.30. The molecule has 4 fully saturated rings. The molecule has 0 heterocycles. The second-order valence-corrected chi connectivity index (χ2v) is 10.1. The highest BCUT2D eigenvalue weighted by Crippen LogP contribution is 2.68. The molecule has 0 aromatic rings. The minimum atomic E-state index is 0.357. The normalized spacial score (nSPS) is 55.6. The molecule has 0 aromatic carbocycles. The van der Waals surface area contributed by atoms with Crippen molar-refractivity contribution in [3.8, 4) is 0 Å². The molecule has 0 aliphatic heterocycles. The fourth-order valence-corrected chi connectivity index (χ4v) is 8.30. The van der Waals surface area contributed by atoms with Gasteiger partial charge in [0.15, 0.2) is 0 Å². The van der Waals surface area contributed by atoms with Gasteiger partial charge in [0.2, 0.25) is 0 Å². The lowest BCUT2D eigenvalue weighted by Gasteiger charge is -2.61. The third-order valence-corrected chi connectivity index (χ3v) is 9.53. The maximum absolute atomic E-state index is 11.5. The lowest BCUT2D eigenvalue weighted by atomic mass is 9.44. The molecule has 130 valence electrons. The molecule has 2 unspecified atom stereocenters. The molecular formula is C22H36O. The van der Waals surface area contributed by atoms with Crippen LogP contribution in [0.25, 0.3) is 0 Å². The summed E-state index contributed by atoms with van der Waals surface area (Å²) in [5, 5.41) is 0. The molecule has 1 nitrogen and oxygen atoms in total. The summed E-state index contributed by atoms with van der Waals surface area (Å²) in [6.45, 7) is 7.63. The average molecular weight is 317 g/mol. The van der Waals surface area contributed by atoms with Crippen molar-refractivity contribution in [1.29, 1.82) is 0 Å². The molecule has 0 amide bonds. The van der Waals surface area contributed by atoms with Crippen LogP contribution in [-0.2, 0) is 4.79 Å². The molecule has 0 N–H and O–H groups in total. The number of carbonyl (C=O) groups excluding carboxylic acids is 1. The minimum Gasteiger partial charge on any atom is -0.303 e. The van der Waals surface area contributed by atoms with Crippen LogP contribution in [0.15, 0.2) is 0 Å². The second kappa shape index (κ2) is 5.60. The first-order valence-electron chi connectivity index (χ1n) is 10.5. The maximum atomic E-state index is 11.5. The molecule has 0 bridgehead atoms. The van der Waals surface area contributed by atoms with Crippen LogP contribution in [0.4, 0.5) is 0 Å². The van der Waals surface area contributed by atoms with Gasteiger partial charge in [-0.25, -0.2) is 0 Å². The van der Waals surface area contributed by atoms with E-state index in [1.807, 2.05) is 0 Å². The molecule has 4 saturated carbocycles. The molecular weight excluding hydrogens is 280 g/mol. The van der Waals surface area contributed by atoms with E-state index in [0.29, 0.717) is 16.7 Å². The fraction of sp³-hybridized carbons (Fsp3) is 0.955. The predicted molar refractivity (Wildman–Crippen MR) is 95.1 cm³/mol. The summed E-state index contributed by atoms with van der Waals surface area (Å²) in [6.07, 6.45) is 15.2. The second-order valence-electron chi connectivity index (χ2n) is 10.1. The topological polar surface area (TPSA) is 17.1 Å². The zero-order valence-electron chi connectivity index (χ0n) is 15.5. The lowest BCUT2D eigenvalue weighted by molar-refractivity contribution is -0.131. The van der Waals surface area contributed by atoms with Crippen LogP contribution in [0.2, 0.25) is 0 Å². The van der Waals surface area contributed by atoms with Crippen LogP contribution in [0.1, 0.15) is 85.0 Å². The Balaban J connectivity index is 1.62. The van der Waals surface area contributed by atoms with Crippen molar-refractivity contribution < 1.29 is 4.79 Å². The van der Waals surface area contributed by atoms with Crippen LogP contribution in [0.3, 0.4) is 0 Å². The Morgan fingerprint density at radius 3 is 2.39 bits per heavy atom. The van der Waals surface area contributed by atoms with Gasteiger partial charge < -0.3 is 4.79 Å². The minimum absolute atomic E-state index is 0.357. The van der Waals surface area contributed by atoms with E-state index in [-0.39, 0.29) is 0 Å². The van der Waals surface area contributed by atoms with Crippen LogP contribution in [0, 0.1) is 46.3 Å². The van der Waals surface area contributed by atoms with Gasteiger partial charge in [0.05, 0.1) is 0 Å². The van der Waals surface area contributed by atoms with Gasteiger partial charge in [-0.05, 0) is 98.2 Å². The van der Waals surface area contributed by atoms with E-state index in [4.69, 9.17) is 0 Å². The molecule has 4 aliphatic carbocycles. The standard InChI is InChI=1S/C22H36O/c1-4-16-8-10-19-18-9-7-17-6-5-15(14-23)13-22(17,3)20(18)11-12-21(16,19)2/h14-20H,4-13H2,1-3H3/t15?,16-,17?,18-,19-,20-,21+,22-/m0/s1. The Hall–Kier alpha value is -0.330. The quantitative estimate of drug-likeness (QED) is 0.582. The van der Waals surface area contributed by atoms with E-state index in [9.17, 15) is 4.79 Å². The molecule has 0 aromatic heterocycles. The van der Waals surface area contributed by atoms with Crippen LogP contribution in [0.5, 0.6) is 0 Å². The highest BCUT2D eigenvalue weighted by atomic mass is 16.1. The Kier molecular flexibility index (Phi) is 3.93. The smallest absolute Gasteiger partial charge is 0.123 e. The van der Waals surface area contributed by atoms with Gasteiger partial charge in [0.25, 0.3) is 0 Å². The van der Waals surface area contributed by atoms with Crippen molar-refractivity contribution in [2.24, 2.45) is 46.3 Å². The number of carbonyl (C=O) groups is 1. The van der Waals surface area contributed by atoms with E-state index in [0.717, 1.165) is 29.6 Å². The van der Waals surface area contributed by atoms with Crippen molar-refractivity contribution in [2.45, 2.75) is 85.0 Å². The third-order valence-electron chi connectivity index (χ3n) is 9.53. The number of aldehydes is 1. The maximum Gasteiger partial charge on any atom is 0.123 e. The van der Waals surface area contributed by atoms with Crippen molar-refractivity contribution in [1.82, 2.24) is 0 Å². The molecule has 4 aliphatic rings. The highest BCUT2D eigenvalue weighted by molar-refractivity contribution is 5.53.